The molecule has 1 aromatic carbocycles. The molecule has 2 atom stereocenters. The Kier molecular flexibility index (Phi) is 5.14. The summed E-state index contributed by atoms with van der Waals surface area (Å²) in [5.74, 6) is 1.27. The van der Waals surface area contributed by atoms with Crippen LogP contribution < -0.4 is 10.1 Å². The van der Waals surface area contributed by atoms with Crippen molar-refractivity contribution in [3.8, 4) is 5.75 Å². The minimum Gasteiger partial charge on any atom is -0.495 e. The second-order valence-corrected chi connectivity index (χ2v) is 8.12. The molecule has 0 aliphatic carbocycles. The summed E-state index contributed by atoms with van der Waals surface area (Å²) < 4.78 is 12.0. The molecule has 2 aliphatic heterocycles. The Morgan fingerprint density at radius 1 is 1.52 bits per heavy atom. The average Bonchev–Trinajstić information content (AvgIpc) is 3.06. The van der Waals surface area contributed by atoms with Gasteiger partial charge in [-0.1, -0.05) is 48.6 Å². The summed E-state index contributed by atoms with van der Waals surface area (Å²) in [6.45, 7) is 4.14. The number of carbonyl (C=O) groups is 1. The van der Waals surface area contributed by atoms with Crippen LogP contribution in [0.1, 0.15) is 25.8 Å². The van der Waals surface area contributed by atoms with Crippen molar-refractivity contribution < 1.29 is 14.3 Å². The molecule has 1 aromatic rings. The van der Waals surface area contributed by atoms with E-state index in [4.69, 9.17) is 33.3 Å². The molecule has 25 heavy (non-hydrogen) atoms. The van der Waals surface area contributed by atoms with Gasteiger partial charge in [0.2, 0.25) is 0 Å². The third-order valence-electron chi connectivity index (χ3n) is 4.48. The van der Waals surface area contributed by atoms with Gasteiger partial charge in [-0.2, -0.15) is 0 Å². The molecular weight excluding hydrogens is 378 g/mol. The number of halogens is 1. The summed E-state index contributed by atoms with van der Waals surface area (Å²) in [4.78, 5) is 12.4. The second-order valence-electron chi connectivity index (χ2n) is 5.99. The topological polar surface area (TPSA) is 47.6 Å². The van der Waals surface area contributed by atoms with Crippen molar-refractivity contribution in [2.75, 3.05) is 7.11 Å². The maximum absolute atomic E-state index is 11.9. The van der Waals surface area contributed by atoms with Crippen LogP contribution in [0, 0.1) is 5.92 Å². The molecule has 4 nitrogen and oxygen atoms in total. The Bertz CT molecular complexity index is 806. The zero-order valence-electron chi connectivity index (χ0n) is 14.1. The normalized spacial score (nSPS) is 27.3. The van der Waals surface area contributed by atoms with E-state index in [1.54, 1.807) is 13.2 Å². The maximum atomic E-state index is 11.9. The molecular formula is C18H18ClNO3S2. The third kappa shape index (κ3) is 3.43. The van der Waals surface area contributed by atoms with Gasteiger partial charge in [-0.25, -0.2) is 0 Å². The first-order valence-electron chi connectivity index (χ1n) is 7.87. The van der Waals surface area contributed by atoms with Crippen LogP contribution in [0.2, 0.25) is 5.02 Å². The monoisotopic (exact) mass is 395 g/mol. The van der Waals surface area contributed by atoms with Gasteiger partial charge in [0, 0.05) is 5.92 Å². The highest BCUT2D eigenvalue weighted by molar-refractivity contribution is 8.26. The van der Waals surface area contributed by atoms with Gasteiger partial charge in [-0.15, -0.1) is 0 Å². The van der Waals surface area contributed by atoms with Crippen LogP contribution in [0.25, 0.3) is 0 Å². The van der Waals surface area contributed by atoms with Gasteiger partial charge < -0.3 is 14.8 Å². The SMILES string of the molecule is CCC1C=C(/C=C2/SC(=S)NC2=O)OC1(C)c1ccc(OC)c(Cl)c1. The van der Waals surface area contributed by atoms with Crippen molar-refractivity contribution in [3.63, 3.8) is 0 Å². The quantitative estimate of drug-likeness (QED) is 0.599. The number of ether oxygens (including phenoxy) is 2. The molecule has 132 valence electrons. The first kappa shape index (κ1) is 18.3. The van der Waals surface area contributed by atoms with Crippen molar-refractivity contribution in [1.29, 1.82) is 0 Å². The second kappa shape index (κ2) is 7.02. The van der Waals surface area contributed by atoms with Crippen molar-refractivity contribution in [2.24, 2.45) is 5.92 Å². The number of carbonyl (C=O) groups excluding carboxylic acids is 1. The van der Waals surface area contributed by atoms with Crippen LogP contribution >= 0.6 is 35.6 Å². The van der Waals surface area contributed by atoms with Crippen LogP contribution in [-0.2, 0) is 15.1 Å². The van der Waals surface area contributed by atoms with E-state index in [-0.39, 0.29) is 11.8 Å². The molecule has 7 heteroatoms. The lowest BCUT2D eigenvalue weighted by Gasteiger charge is -2.31. The Morgan fingerprint density at radius 3 is 2.84 bits per heavy atom. The van der Waals surface area contributed by atoms with Gasteiger partial charge >= 0.3 is 0 Å². The molecule has 2 aliphatic rings. The fraction of sp³-hybridized carbons (Fsp3) is 0.333. The van der Waals surface area contributed by atoms with Crippen molar-refractivity contribution in [1.82, 2.24) is 5.32 Å². The molecule has 3 rings (SSSR count). The molecule has 2 unspecified atom stereocenters. The Morgan fingerprint density at radius 2 is 2.28 bits per heavy atom. The number of thioether (sulfide) groups is 1. The smallest absolute Gasteiger partial charge is 0.263 e. The lowest BCUT2D eigenvalue weighted by atomic mass is 9.82. The number of nitrogens with one attached hydrogen (secondary N) is 1. The number of rotatable bonds is 4. The first-order chi connectivity index (χ1) is 11.9. The summed E-state index contributed by atoms with van der Waals surface area (Å²) in [7, 11) is 1.59. The lowest BCUT2D eigenvalue weighted by molar-refractivity contribution is -0.115. The minimum absolute atomic E-state index is 0.158. The van der Waals surface area contributed by atoms with Gasteiger partial charge in [0.05, 0.1) is 17.0 Å². The zero-order chi connectivity index (χ0) is 18.2. The van der Waals surface area contributed by atoms with Crippen LogP contribution in [0.3, 0.4) is 0 Å². The molecule has 0 bridgehead atoms. The highest BCUT2D eigenvalue weighted by Crippen LogP contribution is 2.46. The first-order valence-corrected chi connectivity index (χ1v) is 9.47. The van der Waals surface area contributed by atoms with E-state index >= 15 is 0 Å². The Labute approximate surface area is 161 Å². The summed E-state index contributed by atoms with van der Waals surface area (Å²) in [6, 6.07) is 5.68. The number of hydrogen-bond acceptors (Lipinski definition) is 5. The lowest BCUT2D eigenvalue weighted by Crippen LogP contribution is -2.29. The molecule has 1 amide bonds. The van der Waals surface area contributed by atoms with E-state index < -0.39 is 5.60 Å². The molecule has 0 spiro atoms. The molecule has 0 radical (unpaired) electrons. The van der Waals surface area contributed by atoms with E-state index in [2.05, 4.69) is 18.3 Å². The van der Waals surface area contributed by atoms with Crippen LogP contribution in [0.4, 0.5) is 0 Å². The van der Waals surface area contributed by atoms with Crippen LogP contribution in [0.15, 0.2) is 41.0 Å². The molecule has 1 saturated heterocycles. The standard InChI is InChI=1S/C18H18ClNO3S2/c1-4-10-7-12(9-15-16(21)20-17(24)25-15)23-18(10,2)11-5-6-14(22-3)13(19)8-11/h5-10H,4H2,1-3H3,(H,20,21,24)/b15-9+. The summed E-state index contributed by atoms with van der Waals surface area (Å²) in [5, 5.41) is 3.16. The largest absolute Gasteiger partial charge is 0.495 e. The van der Waals surface area contributed by atoms with Gasteiger partial charge in [-0.3, -0.25) is 4.79 Å². The van der Waals surface area contributed by atoms with Crippen LogP contribution in [0.5, 0.6) is 5.75 Å². The summed E-state index contributed by atoms with van der Waals surface area (Å²) in [6.07, 6.45) is 4.70. The van der Waals surface area contributed by atoms with Gasteiger partial charge in [0.25, 0.3) is 5.91 Å². The van der Waals surface area contributed by atoms with Crippen molar-refractivity contribution in [2.45, 2.75) is 25.9 Å². The van der Waals surface area contributed by atoms with Crippen molar-refractivity contribution >= 4 is 45.8 Å². The van der Waals surface area contributed by atoms with Gasteiger partial charge in [-0.05, 0) is 43.2 Å². The van der Waals surface area contributed by atoms with E-state index in [0.29, 0.717) is 25.8 Å². The zero-order valence-corrected chi connectivity index (χ0v) is 16.5. The number of methoxy groups -OCH3 is 1. The third-order valence-corrected chi connectivity index (χ3v) is 5.94. The minimum atomic E-state index is -0.558. The Hall–Kier alpha value is -1.50. The maximum Gasteiger partial charge on any atom is 0.263 e. The predicted molar refractivity (Wildman–Crippen MR) is 105 cm³/mol. The highest BCUT2D eigenvalue weighted by Gasteiger charge is 2.42. The molecule has 0 saturated carbocycles. The fourth-order valence-corrected chi connectivity index (χ4v) is 4.38. The number of thiocarbonyl (C=S) groups is 1. The highest BCUT2D eigenvalue weighted by atomic mass is 35.5. The molecule has 0 aromatic heterocycles. The molecule has 1 N–H and O–H groups in total. The van der Waals surface area contributed by atoms with Gasteiger partial charge in [0.1, 0.15) is 21.4 Å². The van der Waals surface area contributed by atoms with E-state index in [0.717, 1.165) is 12.0 Å². The molecule has 2 heterocycles. The number of amides is 1. The summed E-state index contributed by atoms with van der Waals surface area (Å²) in [5.41, 5.74) is 0.408. The number of allylic oxidation sites excluding steroid dienone is 1. The summed E-state index contributed by atoms with van der Waals surface area (Å²) >= 11 is 12.6. The van der Waals surface area contributed by atoms with Gasteiger partial charge in [0.15, 0.2) is 0 Å². The predicted octanol–water partition coefficient (Wildman–Crippen LogP) is 4.54. The van der Waals surface area contributed by atoms with E-state index in [1.807, 2.05) is 25.1 Å². The average molecular weight is 396 g/mol. The Balaban J connectivity index is 1.91. The van der Waals surface area contributed by atoms with Crippen LogP contribution in [-0.4, -0.2) is 17.3 Å². The number of benzene rings is 1. The van der Waals surface area contributed by atoms with E-state index in [9.17, 15) is 4.79 Å². The van der Waals surface area contributed by atoms with Crippen molar-refractivity contribution in [3.05, 3.63) is 51.6 Å². The number of hydrogen-bond donors (Lipinski definition) is 1. The molecule has 1 fully saturated rings. The fourth-order valence-electron chi connectivity index (χ4n) is 3.10. The van der Waals surface area contributed by atoms with E-state index in [1.165, 1.54) is 11.8 Å².